The van der Waals surface area contributed by atoms with E-state index in [4.69, 9.17) is 4.74 Å². The number of β-amino-alcohol motifs (C(OH)–C–C–N with tert-alkyl or cyclic N) is 1. The summed E-state index contributed by atoms with van der Waals surface area (Å²) in [6.07, 6.45) is 9.85. The lowest BCUT2D eigenvalue weighted by Crippen LogP contribution is -2.49. The van der Waals surface area contributed by atoms with Crippen LogP contribution in [0.2, 0.25) is 0 Å². The van der Waals surface area contributed by atoms with Gasteiger partial charge in [-0.25, -0.2) is 0 Å². The molecule has 4 saturated carbocycles. The third-order valence-corrected chi connectivity index (χ3v) is 7.63. The summed E-state index contributed by atoms with van der Waals surface area (Å²) in [5.74, 6) is 3.08. The zero-order chi connectivity index (χ0) is 17.3. The fraction of sp³-hybridized carbons (Fsp3) is 1.00. The Morgan fingerprint density at radius 1 is 0.926 bits per heavy atom. The zero-order valence-electron chi connectivity index (χ0n) is 17.0. The van der Waals surface area contributed by atoms with E-state index in [2.05, 4.69) is 16.7 Å². The summed E-state index contributed by atoms with van der Waals surface area (Å²) in [5, 5.41) is 10.3. The second-order valence-corrected chi connectivity index (χ2v) is 9.63. The lowest BCUT2D eigenvalue weighted by atomic mass is 9.49. The topological polar surface area (TPSA) is 35.9 Å². The summed E-state index contributed by atoms with van der Waals surface area (Å²) >= 11 is 0. The van der Waals surface area contributed by atoms with Crippen molar-refractivity contribution in [3.63, 3.8) is 0 Å². The Morgan fingerprint density at radius 2 is 1.44 bits per heavy atom. The third kappa shape index (κ3) is 5.96. The van der Waals surface area contributed by atoms with Crippen LogP contribution in [0.3, 0.4) is 0 Å². The van der Waals surface area contributed by atoms with Crippen molar-refractivity contribution in [1.29, 1.82) is 0 Å². The van der Waals surface area contributed by atoms with Crippen molar-refractivity contribution in [2.24, 2.45) is 23.2 Å². The summed E-state index contributed by atoms with van der Waals surface area (Å²) in [6.45, 7) is 9.94. The van der Waals surface area contributed by atoms with Crippen LogP contribution in [-0.2, 0) is 4.74 Å². The first kappa shape index (κ1) is 23.7. The number of nitrogens with zero attached hydrogens (tertiary/aromatic N) is 2. The van der Waals surface area contributed by atoms with Crippen LogP contribution >= 0.6 is 24.8 Å². The van der Waals surface area contributed by atoms with Gasteiger partial charge in [-0.3, -0.25) is 4.90 Å². The predicted molar refractivity (Wildman–Crippen MR) is 115 cm³/mol. The average molecular weight is 423 g/mol. The van der Waals surface area contributed by atoms with Gasteiger partial charge < -0.3 is 14.7 Å². The SMILES string of the molecule is CCN1CCN(CC(O)COCCC23CC4CC(CC(C4)C2)C3)CC1.Cl.Cl. The maximum Gasteiger partial charge on any atom is 0.0900 e. The molecule has 1 atom stereocenters. The molecule has 1 saturated heterocycles. The minimum atomic E-state index is -0.329. The van der Waals surface area contributed by atoms with Crippen LogP contribution in [0.25, 0.3) is 0 Å². The molecule has 1 N–H and O–H groups in total. The molecule has 4 aliphatic carbocycles. The van der Waals surface area contributed by atoms with Crippen molar-refractivity contribution in [2.45, 2.75) is 58.0 Å². The Labute approximate surface area is 178 Å². The van der Waals surface area contributed by atoms with Crippen molar-refractivity contribution < 1.29 is 9.84 Å². The molecule has 1 unspecified atom stereocenters. The summed E-state index contributed by atoms with van der Waals surface area (Å²) in [4.78, 5) is 4.87. The van der Waals surface area contributed by atoms with Gasteiger partial charge in [-0.2, -0.15) is 0 Å². The van der Waals surface area contributed by atoms with Crippen molar-refractivity contribution in [2.75, 3.05) is 52.5 Å². The van der Waals surface area contributed by atoms with Crippen LogP contribution in [0.4, 0.5) is 0 Å². The highest BCUT2D eigenvalue weighted by atomic mass is 35.5. The molecule has 0 aromatic heterocycles. The molecule has 1 aliphatic heterocycles. The summed E-state index contributed by atoms with van der Waals surface area (Å²) in [6, 6.07) is 0. The van der Waals surface area contributed by atoms with Crippen molar-refractivity contribution in [3.8, 4) is 0 Å². The van der Waals surface area contributed by atoms with Gasteiger partial charge >= 0.3 is 0 Å². The van der Waals surface area contributed by atoms with Gasteiger partial charge in [-0.15, -0.1) is 24.8 Å². The van der Waals surface area contributed by atoms with Crippen LogP contribution in [0.15, 0.2) is 0 Å². The van der Waals surface area contributed by atoms with Gasteiger partial charge in [0.15, 0.2) is 0 Å². The van der Waals surface area contributed by atoms with Gasteiger partial charge in [0, 0.05) is 39.3 Å². The molecule has 160 valence electrons. The van der Waals surface area contributed by atoms with Crippen molar-refractivity contribution in [3.05, 3.63) is 0 Å². The Balaban J connectivity index is 0.00000131. The third-order valence-electron chi connectivity index (χ3n) is 7.63. The van der Waals surface area contributed by atoms with Crippen molar-refractivity contribution >= 4 is 24.8 Å². The van der Waals surface area contributed by atoms with E-state index < -0.39 is 0 Å². The highest BCUT2D eigenvalue weighted by Crippen LogP contribution is 2.61. The van der Waals surface area contributed by atoms with E-state index in [0.29, 0.717) is 12.0 Å². The minimum absolute atomic E-state index is 0. The normalized spacial score (nSPS) is 36.9. The van der Waals surface area contributed by atoms with E-state index in [1.807, 2.05) is 0 Å². The molecule has 5 aliphatic rings. The second-order valence-electron chi connectivity index (χ2n) is 9.63. The van der Waals surface area contributed by atoms with Gasteiger partial charge in [0.25, 0.3) is 0 Å². The molecule has 0 spiro atoms. The lowest BCUT2D eigenvalue weighted by Gasteiger charge is -2.57. The van der Waals surface area contributed by atoms with Gasteiger partial charge in [0.1, 0.15) is 0 Å². The first-order valence-electron chi connectivity index (χ1n) is 10.8. The predicted octanol–water partition coefficient (Wildman–Crippen LogP) is 3.45. The number of piperazine rings is 1. The van der Waals surface area contributed by atoms with E-state index in [1.54, 1.807) is 0 Å². The monoisotopic (exact) mass is 422 g/mol. The van der Waals surface area contributed by atoms with Gasteiger partial charge in [-0.1, -0.05) is 6.92 Å². The molecule has 5 rings (SSSR count). The standard InChI is InChI=1S/C21H38N2O2.2ClH/c1-2-22-4-6-23(7-5-22)15-20(24)16-25-8-3-21-12-17-9-18(13-21)11-19(10-17)14-21;;/h17-20,24H,2-16H2,1H3;2*1H. The molecule has 0 amide bonds. The van der Waals surface area contributed by atoms with Gasteiger partial charge in [-0.05, 0) is 74.7 Å². The van der Waals surface area contributed by atoms with Crippen LogP contribution in [0, 0.1) is 23.2 Å². The van der Waals surface area contributed by atoms with Crippen LogP contribution < -0.4 is 0 Å². The van der Waals surface area contributed by atoms with E-state index in [-0.39, 0.29) is 30.9 Å². The number of halogens is 2. The Hall–Kier alpha value is 0.420. The lowest BCUT2D eigenvalue weighted by molar-refractivity contribution is -0.0744. The Morgan fingerprint density at radius 3 is 1.96 bits per heavy atom. The quantitative estimate of drug-likeness (QED) is 0.607. The van der Waals surface area contributed by atoms with E-state index in [9.17, 15) is 5.11 Å². The molecule has 27 heavy (non-hydrogen) atoms. The fourth-order valence-electron chi connectivity index (χ4n) is 6.74. The van der Waals surface area contributed by atoms with Crippen LogP contribution in [0.1, 0.15) is 51.9 Å². The summed E-state index contributed by atoms with van der Waals surface area (Å²) in [7, 11) is 0. The number of rotatable bonds is 8. The summed E-state index contributed by atoms with van der Waals surface area (Å²) < 4.78 is 5.93. The van der Waals surface area contributed by atoms with E-state index >= 15 is 0 Å². The number of likely N-dealkylation sites (N-methyl/N-ethyl adjacent to an activating group) is 1. The molecule has 4 bridgehead atoms. The maximum atomic E-state index is 10.3. The molecule has 0 radical (unpaired) electrons. The molecule has 0 aromatic carbocycles. The van der Waals surface area contributed by atoms with Gasteiger partial charge in [0.2, 0.25) is 0 Å². The first-order chi connectivity index (χ1) is 12.1. The highest BCUT2D eigenvalue weighted by Gasteiger charge is 2.50. The molecule has 1 heterocycles. The number of aliphatic hydroxyl groups excluding tert-OH is 1. The maximum absolute atomic E-state index is 10.3. The summed E-state index contributed by atoms with van der Waals surface area (Å²) in [5.41, 5.74) is 0.607. The van der Waals surface area contributed by atoms with Crippen LogP contribution in [0.5, 0.6) is 0 Å². The molecular formula is C21H40Cl2N2O2. The molecule has 5 fully saturated rings. The molecule has 6 heteroatoms. The number of hydrogen-bond acceptors (Lipinski definition) is 4. The minimum Gasteiger partial charge on any atom is -0.389 e. The average Bonchev–Trinajstić information content (AvgIpc) is 2.58. The zero-order valence-corrected chi connectivity index (χ0v) is 18.6. The van der Waals surface area contributed by atoms with Gasteiger partial charge in [0.05, 0.1) is 12.7 Å². The smallest absolute Gasteiger partial charge is 0.0900 e. The molecule has 4 nitrogen and oxygen atoms in total. The Kier molecular flexibility index (Phi) is 9.17. The number of aliphatic hydroxyl groups is 1. The molecule has 0 aromatic rings. The second kappa shape index (κ2) is 10.4. The van der Waals surface area contributed by atoms with E-state index in [0.717, 1.165) is 63.6 Å². The Bertz CT molecular complexity index is 409. The highest BCUT2D eigenvalue weighted by molar-refractivity contribution is 5.85. The molecular weight excluding hydrogens is 383 g/mol. The number of hydrogen-bond donors (Lipinski definition) is 1. The van der Waals surface area contributed by atoms with Crippen molar-refractivity contribution in [1.82, 2.24) is 9.80 Å². The largest absolute Gasteiger partial charge is 0.389 e. The fourth-order valence-corrected chi connectivity index (χ4v) is 6.74. The van der Waals surface area contributed by atoms with E-state index in [1.165, 1.54) is 44.9 Å². The first-order valence-corrected chi connectivity index (χ1v) is 10.8. The number of ether oxygens (including phenoxy) is 1. The van der Waals surface area contributed by atoms with Crippen LogP contribution in [-0.4, -0.2) is 73.5 Å².